The molecule has 1 aromatic carbocycles. The Hall–Kier alpha value is -1.52. The Balaban J connectivity index is 0.00000208. The number of carbonyl (C=O) groups excluding carboxylic acids is 1. The third kappa shape index (κ3) is 4.74. The number of rotatable bonds is 6. The first-order valence-electron chi connectivity index (χ1n) is 8.77. The maximum atomic E-state index is 12.0. The number of para-hydroxylation sites is 1. The maximum absolute atomic E-state index is 12.0. The van der Waals surface area contributed by atoms with Crippen LogP contribution in [0.25, 0.3) is 10.9 Å². The molecule has 0 radical (unpaired) electrons. The highest BCUT2D eigenvalue weighted by molar-refractivity contribution is 5.85. The molecular weight excluding hydrogens is 322 g/mol. The number of fused-ring (bicyclic) bond motifs is 1. The second-order valence-electron chi connectivity index (χ2n) is 6.61. The molecule has 24 heavy (non-hydrogen) atoms. The Morgan fingerprint density at radius 1 is 1.25 bits per heavy atom. The largest absolute Gasteiger partial charge is 0.358 e. The smallest absolute Gasteiger partial charge is 0.220 e. The first kappa shape index (κ1) is 18.8. The van der Waals surface area contributed by atoms with Gasteiger partial charge in [-0.2, -0.15) is 0 Å². The van der Waals surface area contributed by atoms with E-state index in [4.69, 9.17) is 0 Å². The molecule has 0 bridgehead atoms. The molecule has 1 aliphatic heterocycles. The zero-order valence-electron chi connectivity index (χ0n) is 14.4. The predicted molar refractivity (Wildman–Crippen MR) is 102 cm³/mol. The van der Waals surface area contributed by atoms with Gasteiger partial charge in [0.05, 0.1) is 0 Å². The number of hydrogen-bond donors (Lipinski definition) is 3. The van der Waals surface area contributed by atoms with Crippen molar-refractivity contribution >= 4 is 29.2 Å². The second-order valence-corrected chi connectivity index (χ2v) is 6.61. The lowest BCUT2D eigenvalue weighted by atomic mass is 9.93. The fourth-order valence-corrected chi connectivity index (χ4v) is 3.58. The van der Waals surface area contributed by atoms with Crippen LogP contribution < -0.4 is 10.6 Å². The van der Waals surface area contributed by atoms with Crippen molar-refractivity contribution in [2.75, 3.05) is 19.6 Å². The van der Waals surface area contributed by atoms with E-state index >= 15 is 0 Å². The summed E-state index contributed by atoms with van der Waals surface area (Å²) in [6.07, 6.45) is 5.00. The van der Waals surface area contributed by atoms with Gasteiger partial charge in [-0.25, -0.2) is 0 Å². The van der Waals surface area contributed by atoms with Crippen LogP contribution in [0.4, 0.5) is 0 Å². The van der Waals surface area contributed by atoms with Crippen LogP contribution in [-0.2, 0) is 11.2 Å². The maximum Gasteiger partial charge on any atom is 0.220 e. The van der Waals surface area contributed by atoms with Gasteiger partial charge in [0.25, 0.3) is 0 Å². The van der Waals surface area contributed by atoms with Crippen molar-refractivity contribution in [3.8, 4) is 0 Å². The van der Waals surface area contributed by atoms with Crippen molar-refractivity contribution in [2.45, 2.75) is 39.0 Å². The molecular formula is C19H28ClN3O. The van der Waals surface area contributed by atoms with Gasteiger partial charge in [0.1, 0.15) is 0 Å². The molecule has 1 amide bonds. The number of aryl methyl sites for hydroxylation is 1. The molecule has 1 aromatic heterocycles. The molecule has 4 nitrogen and oxygen atoms in total. The summed E-state index contributed by atoms with van der Waals surface area (Å²) in [7, 11) is 0. The molecule has 5 heteroatoms. The van der Waals surface area contributed by atoms with Crippen LogP contribution >= 0.6 is 12.4 Å². The van der Waals surface area contributed by atoms with E-state index in [1.165, 1.54) is 35.0 Å². The molecule has 0 atom stereocenters. The van der Waals surface area contributed by atoms with E-state index < -0.39 is 0 Å². The third-order valence-electron chi connectivity index (χ3n) is 4.96. The minimum atomic E-state index is 0. The first-order valence-corrected chi connectivity index (χ1v) is 8.77. The molecule has 1 aliphatic rings. The highest BCUT2D eigenvalue weighted by Gasteiger charge is 2.14. The average Bonchev–Trinajstić information content (AvgIpc) is 2.90. The van der Waals surface area contributed by atoms with Gasteiger partial charge in [-0.1, -0.05) is 18.2 Å². The summed E-state index contributed by atoms with van der Waals surface area (Å²) in [6.45, 7) is 5.03. The van der Waals surface area contributed by atoms with Gasteiger partial charge in [0.2, 0.25) is 5.91 Å². The number of H-pyrrole nitrogens is 1. The summed E-state index contributed by atoms with van der Waals surface area (Å²) in [4.78, 5) is 15.4. The SMILES string of the molecule is Cc1[nH]c2ccccc2c1CCNC(=O)CCC1CCNCC1.Cl. The normalized spacial score (nSPS) is 15.2. The Morgan fingerprint density at radius 3 is 2.79 bits per heavy atom. The van der Waals surface area contributed by atoms with Crippen molar-refractivity contribution in [3.05, 3.63) is 35.5 Å². The van der Waals surface area contributed by atoms with Gasteiger partial charge in [0.15, 0.2) is 0 Å². The van der Waals surface area contributed by atoms with E-state index in [9.17, 15) is 4.79 Å². The van der Waals surface area contributed by atoms with Crippen LogP contribution in [0.3, 0.4) is 0 Å². The molecule has 0 aliphatic carbocycles. The van der Waals surface area contributed by atoms with Crippen molar-refractivity contribution in [3.63, 3.8) is 0 Å². The Bertz CT molecular complexity index is 662. The molecule has 0 unspecified atom stereocenters. The van der Waals surface area contributed by atoms with Gasteiger partial charge in [-0.15, -0.1) is 12.4 Å². The quantitative estimate of drug-likeness (QED) is 0.749. The van der Waals surface area contributed by atoms with Gasteiger partial charge >= 0.3 is 0 Å². The van der Waals surface area contributed by atoms with Gasteiger partial charge in [-0.3, -0.25) is 4.79 Å². The van der Waals surface area contributed by atoms with Crippen molar-refractivity contribution in [1.82, 2.24) is 15.6 Å². The lowest BCUT2D eigenvalue weighted by molar-refractivity contribution is -0.121. The van der Waals surface area contributed by atoms with E-state index in [2.05, 4.69) is 40.7 Å². The van der Waals surface area contributed by atoms with Crippen LogP contribution in [0.1, 0.15) is 36.9 Å². The summed E-state index contributed by atoms with van der Waals surface area (Å²) in [5.74, 6) is 0.916. The highest BCUT2D eigenvalue weighted by atomic mass is 35.5. The number of nitrogens with one attached hydrogen (secondary N) is 3. The minimum absolute atomic E-state index is 0. The van der Waals surface area contributed by atoms with Gasteiger partial charge in [-0.05, 0) is 63.2 Å². The lowest BCUT2D eigenvalue weighted by Gasteiger charge is -2.22. The Labute approximate surface area is 150 Å². The summed E-state index contributed by atoms with van der Waals surface area (Å²) >= 11 is 0. The molecule has 1 saturated heterocycles. The topological polar surface area (TPSA) is 56.9 Å². The molecule has 0 spiro atoms. The predicted octanol–water partition coefficient (Wildman–Crippen LogP) is 3.34. The van der Waals surface area contributed by atoms with Gasteiger partial charge in [0, 0.05) is 29.6 Å². The fourth-order valence-electron chi connectivity index (χ4n) is 3.58. The second kappa shape index (κ2) is 9.09. The number of aromatic nitrogens is 1. The molecule has 0 saturated carbocycles. The average molecular weight is 350 g/mol. The summed E-state index contributed by atoms with van der Waals surface area (Å²) in [5.41, 5.74) is 3.70. The number of carbonyl (C=O) groups is 1. The number of hydrogen-bond acceptors (Lipinski definition) is 2. The fraction of sp³-hybridized carbons (Fsp3) is 0.526. The van der Waals surface area contributed by atoms with Crippen LogP contribution in [0.5, 0.6) is 0 Å². The Kier molecular flexibility index (Phi) is 7.13. The van der Waals surface area contributed by atoms with Gasteiger partial charge < -0.3 is 15.6 Å². The number of aromatic amines is 1. The number of amides is 1. The summed E-state index contributed by atoms with van der Waals surface area (Å²) in [6, 6.07) is 8.36. The molecule has 3 N–H and O–H groups in total. The van der Waals surface area contributed by atoms with Crippen molar-refractivity contribution in [1.29, 1.82) is 0 Å². The molecule has 1 fully saturated rings. The van der Waals surface area contributed by atoms with Crippen molar-refractivity contribution < 1.29 is 4.79 Å². The van der Waals surface area contributed by atoms with E-state index in [1.807, 2.05) is 6.07 Å². The molecule has 3 rings (SSSR count). The minimum Gasteiger partial charge on any atom is -0.358 e. The molecule has 2 aromatic rings. The standard InChI is InChI=1S/C19H27N3O.ClH/c1-14-16(17-4-2-3-5-18(17)22-14)10-13-21-19(23)7-6-15-8-11-20-12-9-15;/h2-5,15,20,22H,6-13H2,1H3,(H,21,23);1H. The van der Waals surface area contributed by atoms with Crippen LogP contribution in [-0.4, -0.2) is 30.5 Å². The zero-order chi connectivity index (χ0) is 16.1. The number of piperidine rings is 1. The van der Waals surface area contributed by atoms with Crippen LogP contribution in [0.15, 0.2) is 24.3 Å². The zero-order valence-corrected chi connectivity index (χ0v) is 15.2. The monoisotopic (exact) mass is 349 g/mol. The summed E-state index contributed by atoms with van der Waals surface area (Å²) < 4.78 is 0. The lowest BCUT2D eigenvalue weighted by Crippen LogP contribution is -2.30. The summed E-state index contributed by atoms with van der Waals surface area (Å²) in [5, 5.41) is 7.72. The van der Waals surface area contributed by atoms with Crippen LogP contribution in [0, 0.1) is 12.8 Å². The van der Waals surface area contributed by atoms with Crippen LogP contribution in [0.2, 0.25) is 0 Å². The third-order valence-corrected chi connectivity index (χ3v) is 4.96. The van der Waals surface area contributed by atoms with E-state index in [-0.39, 0.29) is 18.3 Å². The highest BCUT2D eigenvalue weighted by Crippen LogP contribution is 2.22. The number of halogens is 1. The van der Waals surface area contributed by atoms with E-state index in [1.54, 1.807) is 0 Å². The molecule has 2 heterocycles. The first-order chi connectivity index (χ1) is 11.2. The number of benzene rings is 1. The van der Waals surface area contributed by atoms with E-state index in [0.29, 0.717) is 13.0 Å². The van der Waals surface area contributed by atoms with E-state index in [0.717, 1.165) is 31.8 Å². The van der Waals surface area contributed by atoms with Crippen molar-refractivity contribution in [2.24, 2.45) is 5.92 Å². The molecule has 132 valence electrons. The Morgan fingerprint density at radius 2 is 2.00 bits per heavy atom.